The summed E-state index contributed by atoms with van der Waals surface area (Å²) in [5.74, 6) is 0.988. The number of nitrogens with zero attached hydrogens (tertiary/aromatic N) is 2. The molecule has 1 fully saturated rings. The van der Waals surface area contributed by atoms with Crippen molar-refractivity contribution in [2.75, 3.05) is 6.54 Å². The molecule has 1 heterocycles. The summed E-state index contributed by atoms with van der Waals surface area (Å²) in [6.45, 7) is 0.628. The van der Waals surface area contributed by atoms with E-state index in [0.717, 1.165) is 25.1 Å². The first kappa shape index (κ1) is 10.0. The average Bonchev–Trinajstić information content (AvgIpc) is 2.91. The molecule has 0 unspecified atom stereocenters. The number of hydrogen-bond acceptors (Lipinski definition) is 2. The molecule has 82 valence electrons. The van der Waals surface area contributed by atoms with E-state index in [1.54, 1.807) is 6.20 Å². The zero-order valence-corrected chi connectivity index (χ0v) is 8.86. The molecule has 0 radical (unpaired) electrons. The maximum Gasteiger partial charge on any atom is 0.315 e. The quantitative estimate of drug-likeness (QED) is 0.753. The van der Waals surface area contributed by atoms with Crippen molar-refractivity contribution >= 4 is 6.03 Å². The summed E-state index contributed by atoms with van der Waals surface area (Å²) >= 11 is 0. The molecule has 0 aliphatic heterocycles. The summed E-state index contributed by atoms with van der Waals surface area (Å²) in [4.78, 5) is 15.4. The van der Waals surface area contributed by atoms with Gasteiger partial charge in [-0.2, -0.15) is 0 Å². The monoisotopic (exact) mass is 208 g/mol. The largest absolute Gasteiger partial charge is 0.338 e. The lowest BCUT2D eigenvalue weighted by atomic mass is 10.4. The predicted molar refractivity (Wildman–Crippen MR) is 56.5 cm³/mol. The molecule has 0 atom stereocenters. The minimum atomic E-state index is -0.0632. The molecule has 1 saturated carbocycles. The molecule has 0 aromatic carbocycles. The summed E-state index contributed by atoms with van der Waals surface area (Å²) in [6.07, 6.45) is 6.67. The Hall–Kier alpha value is -1.52. The van der Waals surface area contributed by atoms with Crippen LogP contribution in [0.25, 0.3) is 0 Å². The van der Waals surface area contributed by atoms with Gasteiger partial charge in [0.05, 0.1) is 0 Å². The molecule has 2 N–H and O–H groups in total. The van der Waals surface area contributed by atoms with E-state index in [0.29, 0.717) is 12.6 Å². The Morgan fingerprint density at radius 3 is 3.07 bits per heavy atom. The Morgan fingerprint density at radius 2 is 2.47 bits per heavy atom. The van der Waals surface area contributed by atoms with Crippen molar-refractivity contribution in [2.45, 2.75) is 25.3 Å². The van der Waals surface area contributed by atoms with E-state index < -0.39 is 0 Å². The number of aromatic nitrogens is 2. The van der Waals surface area contributed by atoms with Crippen LogP contribution in [0.1, 0.15) is 18.7 Å². The molecular weight excluding hydrogens is 192 g/mol. The topological polar surface area (TPSA) is 59.0 Å². The lowest BCUT2D eigenvalue weighted by Gasteiger charge is -2.06. The minimum absolute atomic E-state index is 0.0632. The lowest BCUT2D eigenvalue weighted by Crippen LogP contribution is -2.37. The van der Waals surface area contributed by atoms with Crippen molar-refractivity contribution in [3.63, 3.8) is 0 Å². The SMILES string of the molecule is Cn1ccnc1CCNC(=O)NC1CC1. The highest BCUT2D eigenvalue weighted by Gasteiger charge is 2.22. The van der Waals surface area contributed by atoms with Crippen molar-refractivity contribution in [1.29, 1.82) is 0 Å². The fraction of sp³-hybridized carbons (Fsp3) is 0.600. The van der Waals surface area contributed by atoms with E-state index in [9.17, 15) is 4.79 Å². The molecule has 0 bridgehead atoms. The molecule has 1 aromatic rings. The van der Waals surface area contributed by atoms with Gasteiger partial charge in [-0.1, -0.05) is 0 Å². The van der Waals surface area contributed by atoms with E-state index in [1.807, 2.05) is 17.8 Å². The predicted octanol–water partition coefficient (Wildman–Crippen LogP) is 0.424. The molecule has 5 heteroatoms. The number of carbonyl (C=O) groups excluding carboxylic acids is 1. The smallest absolute Gasteiger partial charge is 0.315 e. The zero-order chi connectivity index (χ0) is 10.7. The van der Waals surface area contributed by atoms with E-state index in [-0.39, 0.29) is 6.03 Å². The highest BCUT2D eigenvalue weighted by Crippen LogP contribution is 2.18. The molecule has 5 nitrogen and oxygen atoms in total. The molecule has 0 saturated heterocycles. The van der Waals surface area contributed by atoms with Gasteiger partial charge in [0.2, 0.25) is 0 Å². The Balaban J connectivity index is 1.65. The van der Waals surface area contributed by atoms with Gasteiger partial charge in [0.1, 0.15) is 5.82 Å². The number of carbonyl (C=O) groups is 1. The van der Waals surface area contributed by atoms with E-state index in [2.05, 4.69) is 15.6 Å². The van der Waals surface area contributed by atoms with Crippen LogP contribution in [0, 0.1) is 0 Å². The Kier molecular flexibility index (Phi) is 2.89. The summed E-state index contributed by atoms with van der Waals surface area (Å²) in [5, 5.41) is 5.69. The van der Waals surface area contributed by atoms with Gasteiger partial charge >= 0.3 is 6.03 Å². The number of amides is 2. The number of urea groups is 1. The van der Waals surface area contributed by atoms with Crippen LogP contribution < -0.4 is 10.6 Å². The molecule has 1 aromatic heterocycles. The third-order valence-electron chi connectivity index (χ3n) is 2.47. The molecule has 1 aliphatic carbocycles. The van der Waals surface area contributed by atoms with E-state index in [4.69, 9.17) is 0 Å². The summed E-state index contributed by atoms with van der Waals surface area (Å²) in [7, 11) is 1.95. The normalized spacial score (nSPS) is 15.0. The van der Waals surface area contributed by atoms with Gasteiger partial charge in [0.25, 0.3) is 0 Å². The van der Waals surface area contributed by atoms with Crippen LogP contribution >= 0.6 is 0 Å². The second-order valence-corrected chi connectivity index (χ2v) is 3.88. The van der Waals surface area contributed by atoms with Gasteiger partial charge in [-0.25, -0.2) is 9.78 Å². The van der Waals surface area contributed by atoms with Crippen molar-refractivity contribution in [1.82, 2.24) is 20.2 Å². The minimum Gasteiger partial charge on any atom is -0.338 e. The average molecular weight is 208 g/mol. The highest BCUT2D eigenvalue weighted by molar-refractivity contribution is 5.74. The van der Waals surface area contributed by atoms with Crippen LogP contribution in [-0.4, -0.2) is 28.2 Å². The molecule has 0 spiro atoms. The molecule has 2 amide bonds. The van der Waals surface area contributed by atoms with Gasteiger partial charge in [0.15, 0.2) is 0 Å². The summed E-state index contributed by atoms with van der Waals surface area (Å²) in [5.41, 5.74) is 0. The first-order valence-corrected chi connectivity index (χ1v) is 5.26. The van der Waals surface area contributed by atoms with E-state index >= 15 is 0 Å². The fourth-order valence-corrected chi connectivity index (χ4v) is 1.39. The number of rotatable bonds is 4. The number of aryl methyl sites for hydroxylation is 1. The fourth-order valence-electron chi connectivity index (χ4n) is 1.39. The third kappa shape index (κ3) is 2.97. The standard InChI is InChI=1S/C10H16N4O/c1-14-7-6-11-9(14)4-5-12-10(15)13-8-2-3-8/h6-8H,2-5H2,1H3,(H2,12,13,15). The van der Waals surface area contributed by atoms with Crippen molar-refractivity contribution in [2.24, 2.45) is 7.05 Å². The Labute approximate surface area is 88.9 Å². The maximum absolute atomic E-state index is 11.3. The third-order valence-corrected chi connectivity index (χ3v) is 2.47. The van der Waals surface area contributed by atoms with Gasteiger partial charge < -0.3 is 15.2 Å². The second-order valence-electron chi connectivity index (χ2n) is 3.88. The molecule has 1 aliphatic rings. The van der Waals surface area contributed by atoms with Gasteiger partial charge in [-0.3, -0.25) is 0 Å². The second kappa shape index (κ2) is 4.33. The molecule has 2 rings (SSSR count). The van der Waals surface area contributed by atoms with Crippen molar-refractivity contribution in [3.05, 3.63) is 18.2 Å². The Bertz CT molecular complexity index is 343. The number of hydrogen-bond donors (Lipinski definition) is 2. The lowest BCUT2D eigenvalue weighted by molar-refractivity contribution is 0.240. The van der Waals surface area contributed by atoms with Crippen LogP contribution in [0.3, 0.4) is 0 Å². The number of imidazole rings is 1. The van der Waals surface area contributed by atoms with Gasteiger partial charge in [-0.05, 0) is 12.8 Å². The van der Waals surface area contributed by atoms with Crippen LogP contribution in [0.5, 0.6) is 0 Å². The van der Waals surface area contributed by atoms with Crippen molar-refractivity contribution in [3.8, 4) is 0 Å². The van der Waals surface area contributed by atoms with E-state index in [1.165, 1.54) is 0 Å². The zero-order valence-electron chi connectivity index (χ0n) is 8.86. The molecule has 15 heavy (non-hydrogen) atoms. The highest BCUT2D eigenvalue weighted by atomic mass is 16.2. The van der Waals surface area contributed by atoms with Crippen LogP contribution in [-0.2, 0) is 13.5 Å². The summed E-state index contributed by atoms with van der Waals surface area (Å²) < 4.78 is 1.96. The molecular formula is C10H16N4O. The van der Waals surface area contributed by atoms with Crippen LogP contribution in [0.15, 0.2) is 12.4 Å². The number of nitrogens with one attached hydrogen (secondary N) is 2. The van der Waals surface area contributed by atoms with Crippen LogP contribution in [0.2, 0.25) is 0 Å². The first-order chi connectivity index (χ1) is 7.25. The Morgan fingerprint density at radius 1 is 1.67 bits per heavy atom. The maximum atomic E-state index is 11.3. The first-order valence-electron chi connectivity index (χ1n) is 5.26. The van der Waals surface area contributed by atoms with Gasteiger partial charge in [0, 0.05) is 38.4 Å². The van der Waals surface area contributed by atoms with Crippen LogP contribution in [0.4, 0.5) is 4.79 Å². The van der Waals surface area contributed by atoms with Crippen molar-refractivity contribution < 1.29 is 4.79 Å². The summed E-state index contributed by atoms with van der Waals surface area (Å²) in [6, 6.07) is 0.352. The van der Waals surface area contributed by atoms with Gasteiger partial charge in [-0.15, -0.1) is 0 Å².